The van der Waals surface area contributed by atoms with E-state index in [1.165, 1.54) is 12.8 Å². The summed E-state index contributed by atoms with van der Waals surface area (Å²) in [7, 11) is -3.50. The molecule has 0 bridgehead atoms. The summed E-state index contributed by atoms with van der Waals surface area (Å²) in [5.41, 5.74) is 0.654. The molecule has 1 aromatic carbocycles. The van der Waals surface area contributed by atoms with Gasteiger partial charge in [0.15, 0.2) is 0 Å². The molecule has 1 aliphatic carbocycles. The second-order valence-corrected chi connectivity index (χ2v) is 7.52. The van der Waals surface area contributed by atoms with Crippen molar-refractivity contribution in [2.24, 2.45) is 0 Å². The molecule has 0 amide bonds. The van der Waals surface area contributed by atoms with Gasteiger partial charge in [-0.15, -0.1) is 0 Å². The summed E-state index contributed by atoms with van der Waals surface area (Å²) in [4.78, 5) is 0.247. The van der Waals surface area contributed by atoms with Gasteiger partial charge in [0, 0.05) is 6.04 Å². The Kier molecular flexibility index (Phi) is 5.79. The highest BCUT2D eigenvalue weighted by atomic mass is 32.2. The van der Waals surface area contributed by atoms with Crippen LogP contribution in [0.15, 0.2) is 29.2 Å². The molecule has 0 aliphatic heterocycles. The molecule has 4 nitrogen and oxygen atoms in total. The Morgan fingerprint density at radius 2 is 1.90 bits per heavy atom. The van der Waals surface area contributed by atoms with E-state index in [0.29, 0.717) is 12.0 Å². The fraction of sp³-hybridized carbons (Fsp3) is 0.625. The monoisotopic (exact) mass is 311 g/mol. The van der Waals surface area contributed by atoms with Gasteiger partial charge in [-0.3, -0.25) is 0 Å². The van der Waals surface area contributed by atoms with Crippen molar-refractivity contribution in [2.75, 3.05) is 0 Å². The molecule has 0 radical (unpaired) electrons. The summed E-state index contributed by atoms with van der Waals surface area (Å²) >= 11 is 0. The molecule has 1 fully saturated rings. The van der Waals surface area contributed by atoms with Gasteiger partial charge in [-0.1, -0.05) is 44.7 Å². The van der Waals surface area contributed by atoms with Crippen molar-refractivity contribution >= 4 is 10.0 Å². The lowest BCUT2D eigenvalue weighted by Gasteiger charge is -2.17. The Balaban J connectivity index is 2.14. The van der Waals surface area contributed by atoms with Gasteiger partial charge in [0.2, 0.25) is 10.0 Å². The second-order valence-electron chi connectivity index (χ2n) is 5.81. The van der Waals surface area contributed by atoms with Crippen LogP contribution in [-0.4, -0.2) is 19.6 Å². The minimum Gasteiger partial charge on any atom is -0.388 e. The zero-order valence-corrected chi connectivity index (χ0v) is 13.4. The molecule has 0 spiro atoms. The largest absolute Gasteiger partial charge is 0.388 e. The molecular formula is C16H25NO3S. The van der Waals surface area contributed by atoms with Gasteiger partial charge in [0.05, 0.1) is 11.0 Å². The van der Waals surface area contributed by atoms with Crippen LogP contribution in [0.2, 0.25) is 0 Å². The van der Waals surface area contributed by atoms with E-state index in [0.717, 1.165) is 25.7 Å². The quantitative estimate of drug-likeness (QED) is 0.821. The van der Waals surface area contributed by atoms with Crippen molar-refractivity contribution in [3.8, 4) is 0 Å². The number of rotatable bonds is 5. The van der Waals surface area contributed by atoms with Gasteiger partial charge < -0.3 is 5.11 Å². The third-order valence-corrected chi connectivity index (χ3v) is 5.64. The maximum Gasteiger partial charge on any atom is 0.240 e. The Morgan fingerprint density at radius 1 is 1.24 bits per heavy atom. The zero-order valence-electron chi connectivity index (χ0n) is 12.6. The maximum absolute atomic E-state index is 12.5. The second kappa shape index (κ2) is 7.38. The molecule has 21 heavy (non-hydrogen) atoms. The van der Waals surface area contributed by atoms with E-state index in [2.05, 4.69) is 4.72 Å². The first-order valence-corrected chi connectivity index (χ1v) is 9.31. The Hall–Kier alpha value is -0.910. The highest BCUT2D eigenvalue weighted by molar-refractivity contribution is 7.89. The maximum atomic E-state index is 12.5. The van der Waals surface area contributed by atoms with Gasteiger partial charge in [-0.2, -0.15) is 0 Å². The van der Waals surface area contributed by atoms with Crippen LogP contribution in [0, 0.1) is 0 Å². The molecule has 118 valence electrons. The molecule has 1 aromatic rings. The minimum atomic E-state index is -3.50. The Labute approximate surface area is 127 Å². The van der Waals surface area contributed by atoms with Crippen LogP contribution in [0.3, 0.4) is 0 Å². The molecule has 5 heteroatoms. The van der Waals surface area contributed by atoms with Gasteiger partial charge >= 0.3 is 0 Å². The van der Waals surface area contributed by atoms with Crippen LogP contribution < -0.4 is 4.72 Å². The lowest BCUT2D eigenvalue weighted by molar-refractivity contribution is 0.173. The van der Waals surface area contributed by atoms with Crippen molar-refractivity contribution in [1.29, 1.82) is 0 Å². The van der Waals surface area contributed by atoms with E-state index in [-0.39, 0.29) is 10.9 Å². The van der Waals surface area contributed by atoms with Crippen molar-refractivity contribution < 1.29 is 13.5 Å². The van der Waals surface area contributed by atoms with E-state index in [1.807, 2.05) is 6.92 Å². The fourth-order valence-electron chi connectivity index (χ4n) is 2.81. The Bertz CT molecular complexity index is 548. The van der Waals surface area contributed by atoms with Gasteiger partial charge in [0.1, 0.15) is 0 Å². The van der Waals surface area contributed by atoms with Crippen LogP contribution in [0.5, 0.6) is 0 Å². The lowest BCUT2D eigenvalue weighted by Crippen LogP contribution is -2.34. The van der Waals surface area contributed by atoms with Crippen molar-refractivity contribution in [2.45, 2.75) is 68.9 Å². The summed E-state index contributed by atoms with van der Waals surface area (Å²) in [5.74, 6) is 0. The van der Waals surface area contributed by atoms with E-state index in [9.17, 15) is 13.5 Å². The van der Waals surface area contributed by atoms with Gasteiger partial charge in [0.25, 0.3) is 0 Å². The van der Waals surface area contributed by atoms with Crippen molar-refractivity contribution in [1.82, 2.24) is 4.72 Å². The summed E-state index contributed by atoms with van der Waals surface area (Å²) in [6, 6.07) is 6.66. The highest BCUT2D eigenvalue weighted by Crippen LogP contribution is 2.22. The molecule has 2 rings (SSSR count). The molecule has 1 saturated carbocycles. The van der Waals surface area contributed by atoms with E-state index in [1.54, 1.807) is 24.3 Å². The first-order valence-electron chi connectivity index (χ1n) is 7.83. The van der Waals surface area contributed by atoms with E-state index < -0.39 is 16.1 Å². The van der Waals surface area contributed by atoms with Crippen LogP contribution in [0.1, 0.15) is 63.5 Å². The molecule has 1 unspecified atom stereocenters. The van der Waals surface area contributed by atoms with E-state index in [4.69, 9.17) is 0 Å². The molecule has 0 heterocycles. The van der Waals surface area contributed by atoms with Crippen molar-refractivity contribution in [3.63, 3.8) is 0 Å². The third-order valence-electron chi connectivity index (χ3n) is 4.12. The number of benzene rings is 1. The average Bonchev–Trinajstić information content (AvgIpc) is 2.74. The SMILES string of the molecule is CCC(O)c1cccc(S(=O)(=O)NC2CCCCCC2)c1. The molecular weight excluding hydrogens is 286 g/mol. The number of aliphatic hydroxyl groups is 1. The molecule has 1 atom stereocenters. The standard InChI is InChI=1S/C16H25NO3S/c1-2-16(18)13-8-7-11-15(12-13)21(19,20)17-14-9-5-3-4-6-10-14/h7-8,11-12,14,16-18H,2-6,9-10H2,1H3. The first kappa shape index (κ1) is 16.5. The summed E-state index contributed by atoms with van der Waals surface area (Å²) < 4.78 is 27.8. The molecule has 2 N–H and O–H groups in total. The average molecular weight is 311 g/mol. The highest BCUT2D eigenvalue weighted by Gasteiger charge is 2.21. The van der Waals surface area contributed by atoms with Crippen LogP contribution in [0.4, 0.5) is 0 Å². The number of hydrogen-bond acceptors (Lipinski definition) is 3. The smallest absolute Gasteiger partial charge is 0.240 e. The number of hydrogen-bond donors (Lipinski definition) is 2. The van der Waals surface area contributed by atoms with E-state index >= 15 is 0 Å². The van der Waals surface area contributed by atoms with Gasteiger partial charge in [-0.25, -0.2) is 13.1 Å². The predicted octanol–water partition coefficient (Wildman–Crippen LogP) is 3.13. The predicted molar refractivity (Wildman–Crippen MR) is 83.5 cm³/mol. The van der Waals surface area contributed by atoms with Crippen LogP contribution in [0.25, 0.3) is 0 Å². The zero-order chi connectivity index (χ0) is 15.3. The van der Waals surface area contributed by atoms with Crippen LogP contribution >= 0.6 is 0 Å². The van der Waals surface area contributed by atoms with Gasteiger partial charge in [-0.05, 0) is 37.0 Å². The molecule has 0 aromatic heterocycles. The normalized spacial score (nSPS) is 19.1. The minimum absolute atomic E-state index is 0.0391. The fourth-order valence-corrected chi connectivity index (χ4v) is 4.17. The van der Waals surface area contributed by atoms with Crippen molar-refractivity contribution in [3.05, 3.63) is 29.8 Å². The molecule has 0 saturated heterocycles. The Morgan fingerprint density at radius 3 is 2.52 bits per heavy atom. The number of aliphatic hydroxyl groups excluding tert-OH is 1. The third kappa shape index (κ3) is 4.53. The number of sulfonamides is 1. The summed E-state index contributed by atoms with van der Waals surface area (Å²) in [6.45, 7) is 1.87. The molecule has 1 aliphatic rings. The first-order chi connectivity index (χ1) is 10.0. The van der Waals surface area contributed by atoms with Crippen LogP contribution in [-0.2, 0) is 10.0 Å². The topological polar surface area (TPSA) is 66.4 Å². The summed E-state index contributed by atoms with van der Waals surface area (Å²) in [6.07, 6.45) is 6.33. The lowest BCUT2D eigenvalue weighted by atomic mass is 10.1. The summed E-state index contributed by atoms with van der Waals surface area (Å²) in [5, 5.41) is 9.86. The number of nitrogens with one attached hydrogen (secondary N) is 1.